The summed E-state index contributed by atoms with van der Waals surface area (Å²) in [6.07, 6.45) is 14.7. The van der Waals surface area contributed by atoms with Crippen molar-refractivity contribution >= 4 is 46.1 Å². The van der Waals surface area contributed by atoms with Gasteiger partial charge in [-0.05, 0) is 0 Å². The molecule has 2 nitrogen and oxygen atoms in total. The molecule has 0 N–H and O–H groups in total. The molecule has 0 bridgehead atoms. The first kappa shape index (κ1) is 27.7. The largest absolute Gasteiger partial charge is 0.147 e. The van der Waals surface area contributed by atoms with Crippen molar-refractivity contribution in [1.29, 1.82) is 0 Å². The van der Waals surface area contributed by atoms with E-state index in [1.807, 2.05) is 24.8 Å². The Labute approximate surface area is 223 Å². The molecule has 0 unspecified atom stereocenters. The molecule has 0 spiro atoms. The topological polar surface area (TPSA) is 25.8 Å². The van der Waals surface area contributed by atoms with Gasteiger partial charge in [-0.1, -0.05) is 0 Å². The van der Waals surface area contributed by atoms with Gasteiger partial charge in [0.2, 0.25) is 0 Å². The molecule has 0 amide bonds. The van der Waals surface area contributed by atoms with Gasteiger partial charge in [0, 0.05) is 0 Å². The second kappa shape index (κ2) is 10.6. The van der Waals surface area contributed by atoms with Crippen LogP contribution in [0.4, 0.5) is 0 Å². The van der Waals surface area contributed by atoms with E-state index in [-0.39, 0.29) is 24.8 Å². The Balaban J connectivity index is 0.00000171. The molecule has 3 aromatic rings. The maximum Gasteiger partial charge on any atom is -0.147 e. The van der Waals surface area contributed by atoms with Gasteiger partial charge in [-0.2, -0.15) is 0 Å². The molecule has 0 atom stereocenters. The van der Waals surface area contributed by atoms with Crippen molar-refractivity contribution in [3.05, 3.63) is 120 Å². The van der Waals surface area contributed by atoms with Crippen LogP contribution in [0.5, 0.6) is 0 Å². The number of nitrogens with zero attached hydrogens (tertiary/aromatic N) is 2. The molecule has 2 aromatic heterocycles. The van der Waals surface area contributed by atoms with Gasteiger partial charge in [0.1, 0.15) is 0 Å². The Kier molecular flexibility index (Phi) is 8.44. The summed E-state index contributed by atoms with van der Waals surface area (Å²) >= 11 is -3.93. The summed E-state index contributed by atoms with van der Waals surface area (Å²) in [5.74, 6) is 0. The second-order valence-electron chi connectivity index (χ2n) is 9.74. The monoisotopic (exact) mass is 596 g/mol. The van der Waals surface area contributed by atoms with Crippen LogP contribution in [0, 0.1) is 0 Å². The molecule has 35 heavy (non-hydrogen) atoms. The first-order valence-electron chi connectivity index (χ1n) is 11.6. The van der Waals surface area contributed by atoms with Gasteiger partial charge in [-0.15, -0.1) is 24.8 Å². The van der Waals surface area contributed by atoms with E-state index >= 15 is 0 Å². The van der Waals surface area contributed by atoms with Crippen LogP contribution < -0.4 is 3.27 Å². The molecule has 2 aliphatic rings. The first-order valence-corrected chi connectivity index (χ1v) is 23.7. The van der Waals surface area contributed by atoms with Crippen molar-refractivity contribution in [1.82, 2.24) is 9.97 Å². The fraction of sp³-hybridized carbons (Fsp3) is 0.172. The summed E-state index contributed by atoms with van der Waals surface area (Å²) in [5.41, 5.74) is 8.30. The molecule has 2 heterocycles. The molecule has 0 fully saturated rings. The maximum absolute atomic E-state index is 4.30. The molecular formula is C29H32Cl2N2SiZr. The predicted molar refractivity (Wildman–Crippen MR) is 154 cm³/mol. The minimum atomic E-state index is -3.93. The van der Waals surface area contributed by atoms with Crippen LogP contribution >= 0.6 is 24.8 Å². The number of halogens is 2. The third kappa shape index (κ3) is 4.55. The Morgan fingerprint density at radius 1 is 0.657 bits per heavy atom. The molecule has 0 radical (unpaired) electrons. The molecule has 5 rings (SSSR count). The van der Waals surface area contributed by atoms with Gasteiger partial charge in [-0.3, -0.25) is 0 Å². The molecule has 0 saturated carbocycles. The number of benzene rings is 1. The molecule has 6 heteroatoms. The zero-order chi connectivity index (χ0) is 23.1. The van der Waals surface area contributed by atoms with Gasteiger partial charge in [-0.25, -0.2) is 0 Å². The minimum Gasteiger partial charge on any atom is -0.147 e. The van der Waals surface area contributed by atoms with Gasteiger partial charge in [0.05, 0.1) is 0 Å². The van der Waals surface area contributed by atoms with Crippen LogP contribution in [0.2, 0.25) is 4.63 Å². The summed E-state index contributed by atoms with van der Waals surface area (Å²) in [6, 6.07) is 20.1. The standard InChI is InChI=1S/2C11H10N.C6H5.CH3.2ClH.H2Si.Zr/c2*1-9-3-2-4-11(9)10-5-7-12-8-6-10;1-2-4-6-5-3-1;;;;;/h2*3,5-8H,2H2,1H3;1-5H;1H3;2*1H;1H2;. The van der Waals surface area contributed by atoms with Crippen molar-refractivity contribution < 1.29 is 17.4 Å². The van der Waals surface area contributed by atoms with Gasteiger partial charge in [0.15, 0.2) is 0 Å². The van der Waals surface area contributed by atoms with Gasteiger partial charge >= 0.3 is 200 Å². The van der Waals surface area contributed by atoms with E-state index in [0.29, 0.717) is 0 Å². The number of hydrogen-bond donors (Lipinski definition) is 0. The SMILES string of the molecule is CC1=CC[C]([Zr]([CH3])(=[SiH2])([C]2=C(c3ccncc3)C(C)=CC2)[c]2ccccc2)=C1c1ccncc1.Cl.Cl. The fourth-order valence-corrected chi connectivity index (χ4v) is 24.6. The Morgan fingerprint density at radius 2 is 1.06 bits per heavy atom. The van der Waals surface area contributed by atoms with E-state index in [9.17, 15) is 0 Å². The van der Waals surface area contributed by atoms with E-state index in [2.05, 4.69) is 102 Å². The first-order chi connectivity index (χ1) is 15.9. The van der Waals surface area contributed by atoms with Crippen LogP contribution in [0.25, 0.3) is 11.1 Å². The Bertz CT molecular complexity index is 1340. The summed E-state index contributed by atoms with van der Waals surface area (Å²) < 4.78 is 7.57. The van der Waals surface area contributed by atoms with Crippen molar-refractivity contribution in [2.24, 2.45) is 0 Å². The van der Waals surface area contributed by atoms with E-state index in [1.54, 1.807) is 9.83 Å². The zero-order valence-corrected chi connectivity index (χ0v) is 26.0. The average Bonchev–Trinajstić information content (AvgIpc) is 3.45. The molecular weight excluding hydrogens is 567 g/mol. The second-order valence-corrected chi connectivity index (χ2v) is 34.5. The summed E-state index contributed by atoms with van der Waals surface area (Å²) in [7, 11) is 0. The number of rotatable bonds is 5. The number of allylic oxidation sites excluding steroid dienone is 8. The summed E-state index contributed by atoms with van der Waals surface area (Å²) in [4.78, 5) is 8.59. The third-order valence-electron chi connectivity index (χ3n) is 7.74. The normalized spacial score (nSPS) is 15.9. The van der Waals surface area contributed by atoms with E-state index < -0.39 is 17.4 Å². The minimum absolute atomic E-state index is 0. The molecule has 180 valence electrons. The zero-order valence-electron chi connectivity index (χ0n) is 20.5. The van der Waals surface area contributed by atoms with Crippen LogP contribution in [0.3, 0.4) is 0 Å². The van der Waals surface area contributed by atoms with Gasteiger partial charge < -0.3 is 0 Å². The molecule has 1 aromatic carbocycles. The Morgan fingerprint density at radius 3 is 1.46 bits per heavy atom. The molecule has 2 aliphatic carbocycles. The van der Waals surface area contributed by atoms with Crippen molar-refractivity contribution in [3.63, 3.8) is 0 Å². The van der Waals surface area contributed by atoms with Crippen molar-refractivity contribution in [2.75, 3.05) is 0 Å². The number of pyridine rings is 2. The summed E-state index contributed by atoms with van der Waals surface area (Å²) in [6.45, 7) is 6.92. The third-order valence-corrected chi connectivity index (χ3v) is 30.1. The Hall–Kier alpha value is -1.84. The number of aromatic nitrogens is 2. The molecule has 0 saturated heterocycles. The van der Waals surface area contributed by atoms with Crippen LogP contribution in [0.15, 0.2) is 109 Å². The van der Waals surface area contributed by atoms with E-state index in [4.69, 9.17) is 0 Å². The van der Waals surface area contributed by atoms with Crippen molar-refractivity contribution in [2.45, 2.75) is 31.3 Å². The van der Waals surface area contributed by atoms with Crippen molar-refractivity contribution in [3.8, 4) is 0 Å². The average molecular weight is 599 g/mol. The van der Waals surface area contributed by atoms with Gasteiger partial charge in [0.25, 0.3) is 0 Å². The van der Waals surface area contributed by atoms with E-state index in [1.165, 1.54) is 33.4 Å². The van der Waals surface area contributed by atoms with Crippen LogP contribution in [-0.2, 0) is 17.4 Å². The predicted octanol–water partition coefficient (Wildman–Crippen LogP) is 6.75. The summed E-state index contributed by atoms with van der Waals surface area (Å²) in [5, 5.41) is 0. The van der Waals surface area contributed by atoms with Crippen LogP contribution in [-0.4, -0.2) is 16.8 Å². The maximum atomic E-state index is 4.30. The van der Waals surface area contributed by atoms with E-state index in [0.717, 1.165) is 12.8 Å². The molecule has 0 aliphatic heterocycles. The van der Waals surface area contributed by atoms with Crippen LogP contribution in [0.1, 0.15) is 37.8 Å². The smallest absolute Gasteiger partial charge is 0.147 e. The quantitative estimate of drug-likeness (QED) is 0.304. The fourth-order valence-electron chi connectivity index (χ4n) is 5.88. The number of hydrogen-bond acceptors (Lipinski definition) is 2.